The molecule has 2 aliphatic rings. The van der Waals surface area contributed by atoms with Gasteiger partial charge in [0.2, 0.25) is 0 Å². The summed E-state index contributed by atoms with van der Waals surface area (Å²) in [4.78, 5) is 21.1. The van der Waals surface area contributed by atoms with Gasteiger partial charge in [0, 0.05) is 13.1 Å². The fourth-order valence-corrected chi connectivity index (χ4v) is 3.45. The Hall–Kier alpha value is -1.69. The van der Waals surface area contributed by atoms with E-state index in [1.165, 1.54) is 31.9 Å². The average molecular weight is 319 g/mol. The van der Waals surface area contributed by atoms with E-state index in [9.17, 15) is 4.79 Å². The van der Waals surface area contributed by atoms with E-state index in [-0.39, 0.29) is 5.69 Å². The topological polar surface area (TPSA) is 75.5 Å². The maximum atomic E-state index is 10.8. The quantitative estimate of drug-likeness (QED) is 0.919. The van der Waals surface area contributed by atoms with Crippen molar-refractivity contribution in [1.82, 2.24) is 9.97 Å². The molecule has 1 aliphatic carbocycles. The van der Waals surface area contributed by atoms with Crippen LogP contribution in [0, 0.1) is 5.92 Å². The average Bonchev–Trinajstić information content (AvgIpc) is 2.58. The molecule has 1 saturated carbocycles. The van der Waals surface area contributed by atoms with Crippen LogP contribution in [0.1, 0.15) is 55.9 Å². The molecule has 126 valence electrons. The first-order valence-electron chi connectivity index (χ1n) is 8.57. The van der Waals surface area contributed by atoms with Crippen molar-refractivity contribution in [1.29, 1.82) is 0 Å². The molecule has 0 unspecified atom stereocenters. The summed E-state index contributed by atoms with van der Waals surface area (Å²) in [5.74, 6) is 0.557. The molecule has 6 heteroatoms. The third kappa shape index (κ3) is 4.19. The summed E-state index contributed by atoms with van der Waals surface area (Å²) in [7, 11) is 0. The first kappa shape index (κ1) is 16.2. The van der Waals surface area contributed by atoms with Crippen LogP contribution in [0.25, 0.3) is 0 Å². The van der Waals surface area contributed by atoms with E-state index in [1.54, 1.807) is 6.20 Å². The molecule has 6 nitrogen and oxygen atoms in total. The molecule has 0 spiro atoms. The van der Waals surface area contributed by atoms with Gasteiger partial charge in [0.05, 0.1) is 24.6 Å². The lowest BCUT2D eigenvalue weighted by molar-refractivity contribution is -0.0447. The number of carboxylic acid groups (broad SMARTS) is 1. The molecule has 2 heterocycles. The Morgan fingerprint density at radius 3 is 2.30 bits per heavy atom. The molecule has 3 rings (SSSR count). The molecular formula is C17H25N3O3. The van der Waals surface area contributed by atoms with Crippen LogP contribution in [0.5, 0.6) is 0 Å². The number of hydrogen-bond acceptors (Lipinski definition) is 5. The Morgan fingerprint density at radius 1 is 1.09 bits per heavy atom. The minimum absolute atomic E-state index is 0.0153. The minimum atomic E-state index is -1.04. The van der Waals surface area contributed by atoms with Crippen LogP contribution in [0.4, 0.5) is 5.82 Å². The molecule has 0 aromatic carbocycles. The predicted molar refractivity (Wildman–Crippen MR) is 86.7 cm³/mol. The van der Waals surface area contributed by atoms with Crippen molar-refractivity contribution in [3.8, 4) is 0 Å². The van der Waals surface area contributed by atoms with Gasteiger partial charge in [-0.15, -0.1) is 0 Å². The van der Waals surface area contributed by atoms with Gasteiger partial charge in [-0.05, 0) is 44.4 Å². The summed E-state index contributed by atoms with van der Waals surface area (Å²) in [6, 6.07) is 0. The zero-order valence-corrected chi connectivity index (χ0v) is 13.6. The Morgan fingerprint density at radius 2 is 1.74 bits per heavy atom. The third-order valence-electron chi connectivity index (χ3n) is 4.97. The second-order valence-electron chi connectivity index (χ2n) is 6.77. The summed E-state index contributed by atoms with van der Waals surface area (Å²) >= 11 is 0. The zero-order chi connectivity index (χ0) is 16.2. The molecule has 1 aromatic heterocycles. The smallest absolute Gasteiger partial charge is 0.356 e. The lowest BCUT2D eigenvalue weighted by Gasteiger charge is -2.36. The van der Waals surface area contributed by atoms with Crippen LogP contribution in [-0.2, 0) is 4.74 Å². The summed E-state index contributed by atoms with van der Waals surface area (Å²) in [5.41, 5.74) is -0.0153. The summed E-state index contributed by atoms with van der Waals surface area (Å²) < 4.78 is 6.27. The molecule has 1 aliphatic heterocycles. The highest BCUT2D eigenvalue weighted by atomic mass is 16.5. The van der Waals surface area contributed by atoms with Gasteiger partial charge in [-0.2, -0.15) is 0 Å². The van der Waals surface area contributed by atoms with Crippen molar-refractivity contribution >= 4 is 11.8 Å². The summed E-state index contributed by atoms with van der Waals surface area (Å²) in [5, 5.41) is 8.86. The van der Waals surface area contributed by atoms with Crippen LogP contribution in [-0.4, -0.2) is 46.3 Å². The van der Waals surface area contributed by atoms with Gasteiger partial charge in [0.25, 0.3) is 0 Å². The molecule has 23 heavy (non-hydrogen) atoms. The molecule has 0 radical (unpaired) electrons. The number of piperidine rings is 1. The van der Waals surface area contributed by atoms with E-state index in [4.69, 9.17) is 9.84 Å². The number of nitrogens with zero attached hydrogens (tertiary/aromatic N) is 3. The molecule has 1 N–H and O–H groups in total. The fraction of sp³-hybridized carbons (Fsp3) is 0.706. The van der Waals surface area contributed by atoms with Crippen LogP contribution in [0.2, 0.25) is 0 Å². The van der Waals surface area contributed by atoms with Gasteiger partial charge in [-0.3, -0.25) is 0 Å². The lowest BCUT2D eigenvalue weighted by atomic mass is 9.88. The van der Waals surface area contributed by atoms with Crippen molar-refractivity contribution in [3.05, 3.63) is 18.1 Å². The normalized spacial score (nSPS) is 26.2. The molecular weight excluding hydrogens is 294 g/mol. The Bertz CT molecular complexity index is 518. The monoisotopic (exact) mass is 319 g/mol. The minimum Gasteiger partial charge on any atom is -0.476 e. The molecule has 2 fully saturated rings. The number of aromatic nitrogens is 2. The number of ether oxygens (including phenoxy) is 1. The van der Waals surface area contributed by atoms with Crippen molar-refractivity contribution < 1.29 is 14.6 Å². The fourth-order valence-electron chi connectivity index (χ4n) is 3.45. The van der Waals surface area contributed by atoms with E-state index in [0.717, 1.165) is 37.7 Å². The van der Waals surface area contributed by atoms with Gasteiger partial charge in [0.15, 0.2) is 5.69 Å². The molecule has 0 atom stereocenters. The van der Waals surface area contributed by atoms with Crippen molar-refractivity contribution in [2.45, 2.75) is 57.7 Å². The predicted octanol–water partition coefficient (Wildman–Crippen LogP) is 2.74. The zero-order valence-electron chi connectivity index (χ0n) is 13.6. The summed E-state index contributed by atoms with van der Waals surface area (Å²) in [6.45, 7) is 4.09. The largest absolute Gasteiger partial charge is 0.476 e. The third-order valence-corrected chi connectivity index (χ3v) is 4.97. The highest BCUT2D eigenvalue weighted by Gasteiger charge is 2.26. The first-order valence-corrected chi connectivity index (χ1v) is 8.57. The van der Waals surface area contributed by atoms with Crippen molar-refractivity contribution in [2.24, 2.45) is 5.92 Å². The standard InChI is InChI=1S/C17H25N3O3/c1-12-2-4-13(5-3-12)23-14-6-8-20(9-7-14)16-11-18-15(10-19-16)17(21)22/h10-14H,2-9H2,1H3,(H,21,22). The maximum Gasteiger partial charge on any atom is 0.356 e. The number of rotatable bonds is 4. The Labute approximate surface area is 136 Å². The van der Waals surface area contributed by atoms with Gasteiger partial charge in [-0.25, -0.2) is 14.8 Å². The molecule has 1 aromatic rings. The van der Waals surface area contributed by atoms with E-state index in [1.807, 2.05) is 0 Å². The van der Waals surface area contributed by atoms with E-state index >= 15 is 0 Å². The van der Waals surface area contributed by atoms with Gasteiger partial charge < -0.3 is 14.7 Å². The number of aromatic carboxylic acids is 1. The SMILES string of the molecule is CC1CCC(OC2CCN(c3cnc(C(=O)O)cn3)CC2)CC1. The van der Waals surface area contributed by atoms with Crippen molar-refractivity contribution in [3.63, 3.8) is 0 Å². The van der Waals surface area contributed by atoms with E-state index < -0.39 is 5.97 Å². The van der Waals surface area contributed by atoms with Crippen LogP contribution in [0.15, 0.2) is 12.4 Å². The maximum absolute atomic E-state index is 10.8. The number of anilines is 1. The van der Waals surface area contributed by atoms with Crippen LogP contribution >= 0.6 is 0 Å². The Balaban J connectivity index is 1.47. The molecule has 1 saturated heterocycles. The number of hydrogen-bond donors (Lipinski definition) is 1. The second-order valence-corrected chi connectivity index (χ2v) is 6.77. The van der Waals surface area contributed by atoms with E-state index in [0.29, 0.717) is 12.2 Å². The van der Waals surface area contributed by atoms with Gasteiger partial charge in [-0.1, -0.05) is 6.92 Å². The summed E-state index contributed by atoms with van der Waals surface area (Å²) in [6.07, 6.45) is 10.6. The second kappa shape index (κ2) is 7.25. The molecule has 0 amide bonds. The Kier molecular flexibility index (Phi) is 5.10. The van der Waals surface area contributed by atoms with Crippen molar-refractivity contribution in [2.75, 3.05) is 18.0 Å². The highest BCUT2D eigenvalue weighted by Crippen LogP contribution is 2.28. The number of carboxylic acids is 1. The van der Waals surface area contributed by atoms with Crippen LogP contribution < -0.4 is 4.90 Å². The highest BCUT2D eigenvalue weighted by molar-refractivity contribution is 5.84. The van der Waals surface area contributed by atoms with Gasteiger partial charge in [0.1, 0.15) is 5.82 Å². The van der Waals surface area contributed by atoms with E-state index in [2.05, 4.69) is 21.8 Å². The van der Waals surface area contributed by atoms with Gasteiger partial charge >= 0.3 is 5.97 Å². The first-order chi connectivity index (χ1) is 11.1. The van der Waals surface area contributed by atoms with Crippen LogP contribution in [0.3, 0.4) is 0 Å². The number of carbonyl (C=O) groups is 1. The molecule has 0 bridgehead atoms. The lowest BCUT2D eigenvalue weighted by Crippen LogP contribution is -2.39.